The van der Waals surface area contributed by atoms with Gasteiger partial charge in [0, 0.05) is 7.05 Å². The van der Waals surface area contributed by atoms with Gasteiger partial charge in [0.2, 0.25) is 0 Å². The normalized spacial score (nSPS) is 11.1. The number of nitrogens with one attached hydrogen (secondary N) is 1. The van der Waals surface area contributed by atoms with Gasteiger partial charge in [0.25, 0.3) is 10.0 Å². The molecule has 1 N–H and O–H groups in total. The van der Waals surface area contributed by atoms with Crippen LogP contribution in [0.5, 0.6) is 0 Å². The molecule has 0 aliphatic rings. The molecule has 2 aromatic rings. The number of sulfonamides is 1. The molecule has 0 amide bonds. The van der Waals surface area contributed by atoms with Crippen LogP contribution in [0.25, 0.3) is 0 Å². The average Bonchev–Trinajstić information content (AvgIpc) is 2.81. The number of aryl methyl sites for hydroxylation is 1. The number of carbonyl (C=O) groups excluding carboxylic acids is 1. The fourth-order valence-electron chi connectivity index (χ4n) is 1.70. The summed E-state index contributed by atoms with van der Waals surface area (Å²) in [6.07, 6.45) is 1.26. The third-order valence-electron chi connectivity index (χ3n) is 2.72. The Labute approximate surface area is 122 Å². The molecule has 0 aliphatic carbocycles. The molecule has 0 saturated carbocycles. The zero-order chi connectivity index (χ0) is 15.5. The van der Waals surface area contributed by atoms with Crippen molar-refractivity contribution in [3.8, 4) is 0 Å². The largest absolute Gasteiger partial charge is 0.462 e. The Kier molecular flexibility index (Phi) is 4.27. The van der Waals surface area contributed by atoms with E-state index in [9.17, 15) is 13.2 Å². The van der Waals surface area contributed by atoms with Crippen LogP contribution in [0.4, 0.5) is 5.82 Å². The predicted octanol–water partition coefficient (Wildman–Crippen LogP) is 1.40. The van der Waals surface area contributed by atoms with E-state index < -0.39 is 16.0 Å². The summed E-state index contributed by atoms with van der Waals surface area (Å²) in [4.78, 5) is 11.9. The summed E-state index contributed by atoms with van der Waals surface area (Å²) >= 11 is 0. The summed E-state index contributed by atoms with van der Waals surface area (Å²) in [6.45, 7) is 1.86. The van der Waals surface area contributed by atoms with Crippen molar-refractivity contribution < 1.29 is 17.9 Å². The van der Waals surface area contributed by atoms with Crippen molar-refractivity contribution in [2.45, 2.75) is 11.8 Å². The number of anilines is 1. The van der Waals surface area contributed by atoms with E-state index in [1.54, 1.807) is 25.1 Å². The molecule has 1 aromatic carbocycles. The van der Waals surface area contributed by atoms with Gasteiger partial charge in [0.15, 0.2) is 5.82 Å². The number of benzene rings is 1. The average molecular weight is 309 g/mol. The van der Waals surface area contributed by atoms with Crippen LogP contribution in [0, 0.1) is 0 Å². The lowest BCUT2D eigenvalue weighted by molar-refractivity contribution is 0.0527. The zero-order valence-electron chi connectivity index (χ0n) is 11.6. The molecule has 0 spiro atoms. The molecule has 0 saturated heterocycles. The Bertz CT molecular complexity index is 738. The highest BCUT2D eigenvalue weighted by atomic mass is 32.2. The molecule has 0 fully saturated rings. The molecule has 112 valence electrons. The van der Waals surface area contributed by atoms with Gasteiger partial charge in [0.05, 0.1) is 17.7 Å². The van der Waals surface area contributed by atoms with Gasteiger partial charge in [-0.2, -0.15) is 5.10 Å². The minimum atomic E-state index is -3.80. The quantitative estimate of drug-likeness (QED) is 0.843. The molecule has 1 heterocycles. The number of nitrogens with zero attached hydrogens (tertiary/aromatic N) is 2. The van der Waals surface area contributed by atoms with Gasteiger partial charge < -0.3 is 4.74 Å². The minimum Gasteiger partial charge on any atom is -0.462 e. The van der Waals surface area contributed by atoms with E-state index in [1.807, 2.05) is 0 Å². The van der Waals surface area contributed by atoms with Gasteiger partial charge in [-0.05, 0) is 19.1 Å². The lowest BCUT2D eigenvalue weighted by Crippen LogP contribution is -2.18. The van der Waals surface area contributed by atoms with Gasteiger partial charge >= 0.3 is 5.97 Å². The van der Waals surface area contributed by atoms with E-state index >= 15 is 0 Å². The first kappa shape index (κ1) is 15.0. The van der Waals surface area contributed by atoms with E-state index in [0.717, 1.165) is 0 Å². The van der Waals surface area contributed by atoms with Crippen molar-refractivity contribution in [1.29, 1.82) is 0 Å². The maximum Gasteiger partial charge on any atom is 0.343 e. The van der Waals surface area contributed by atoms with Crippen LogP contribution in [-0.4, -0.2) is 30.8 Å². The number of esters is 1. The SMILES string of the molecule is CCOC(=O)c1cnn(C)c1NS(=O)(=O)c1ccccc1. The Morgan fingerprint density at radius 2 is 2.00 bits per heavy atom. The van der Waals surface area contributed by atoms with Crippen LogP contribution in [0.2, 0.25) is 0 Å². The Balaban J connectivity index is 2.36. The highest BCUT2D eigenvalue weighted by molar-refractivity contribution is 7.92. The second kappa shape index (κ2) is 5.96. The fraction of sp³-hybridized carbons (Fsp3) is 0.231. The van der Waals surface area contributed by atoms with Crippen molar-refractivity contribution >= 4 is 21.8 Å². The van der Waals surface area contributed by atoms with Crippen LogP contribution in [-0.2, 0) is 21.8 Å². The first-order chi connectivity index (χ1) is 9.95. The van der Waals surface area contributed by atoms with Gasteiger partial charge in [-0.15, -0.1) is 0 Å². The maximum absolute atomic E-state index is 12.3. The van der Waals surface area contributed by atoms with Crippen molar-refractivity contribution in [2.24, 2.45) is 7.05 Å². The lowest BCUT2D eigenvalue weighted by Gasteiger charge is -2.10. The number of hydrogen-bond acceptors (Lipinski definition) is 5. The van der Waals surface area contributed by atoms with Gasteiger partial charge in [-0.1, -0.05) is 18.2 Å². The first-order valence-corrected chi connectivity index (χ1v) is 7.71. The van der Waals surface area contributed by atoms with Gasteiger partial charge in [0.1, 0.15) is 5.56 Å². The first-order valence-electron chi connectivity index (χ1n) is 6.22. The summed E-state index contributed by atoms with van der Waals surface area (Å²) in [5.74, 6) is -0.561. The molecule has 21 heavy (non-hydrogen) atoms. The van der Waals surface area contributed by atoms with Crippen LogP contribution < -0.4 is 4.72 Å². The van der Waals surface area contributed by atoms with Crippen molar-refractivity contribution in [3.05, 3.63) is 42.1 Å². The molecule has 7 nitrogen and oxygen atoms in total. The fourth-order valence-corrected chi connectivity index (χ4v) is 2.83. The molecule has 0 atom stereocenters. The number of ether oxygens (including phenoxy) is 1. The molecular weight excluding hydrogens is 294 g/mol. The van der Waals surface area contributed by atoms with Crippen LogP contribution in [0.3, 0.4) is 0 Å². The molecular formula is C13H15N3O4S. The second-order valence-corrected chi connectivity index (χ2v) is 5.85. The van der Waals surface area contributed by atoms with Gasteiger partial charge in [-0.3, -0.25) is 9.40 Å². The molecule has 8 heteroatoms. The standard InChI is InChI=1S/C13H15N3O4S/c1-3-20-13(17)11-9-14-16(2)12(11)15-21(18,19)10-7-5-4-6-8-10/h4-9,15H,3H2,1-2H3. The van der Waals surface area contributed by atoms with Crippen LogP contribution >= 0.6 is 0 Å². The second-order valence-electron chi connectivity index (χ2n) is 4.17. The van der Waals surface area contributed by atoms with E-state index in [2.05, 4.69) is 9.82 Å². The van der Waals surface area contributed by atoms with Crippen LogP contribution in [0.1, 0.15) is 17.3 Å². The third kappa shape index (κ3) is 3.22. The maximum atomic E-state index is 12.3. The Morgan fingerprint density at radius 1 is 1.33 bits per heavy atom. The molecule has 0 aliphatic heterocycles. The van der Waals surface area contributed by atoms with E-state index in [-0.39, 0.29) is 22.9 Å². The highest BCUT2D eigenvalue weighted by Crippen LogP contribution is 2.20. The van der Waals surface area contributed by atoms with E-state index in [4.69, 9.17) is 4.74 Å². The van der Waals surface area contributed by atoms with Crippen molar-refractivity contribution in [3.63, 3.8) is 0 Å². The summed E-state index contributed by atoms with van der Waals surface area (Å²) in [5.41, 5.74) is 0.0684. The van der Waals surface area contributed by atoms with E-state index in [1.165, 1.54) is 30.1 Å². The monoisotopic (exact) mass is 309 g/mol. The Hall–Kier alpha value is -2.35. The summed E-state index contributed by atoms with van der Waals surface area (Å²) in [6, 6.07) is 7.87. The molecule has 2 rings (SSSR count). The molecule has 0 bridgehead atoms. The molecule has 1 aromatic heterocycles. The topological polar surface area (TPSA) is 90.3 Å². The Morgan fingerprint density at radius 3 is 2.62 bits per heavy atom. The number of aromatic nitrogens is 2. The number of hydrogen-bond donors (Lipinski definition) is 1. The number of rotatable bonds is 5. The van der Waals surface area contributed by atoms with E-state index in [0.29, 0.717) is 0 Å². The lowest BCUT2D eigenvalue weighted by atomic mass is 10.3. The number of carbonyl (C=O) groups is 1. The van der Waals surface area contributed by atoms with Crippen molar-refractivity contribution in [2.75, 3.05) is 11.3 Å². The smallest absolute Gasteiger partial charge is 0.343 e. The molecule has 0 radical (unpaired) electrons. The van der Waals surface area contributed by atoms with Gasteiger partial charge in [-0.25, -0.2) is 13.2 Å². The zero-order valence-corrected chi connectivity index (χ0v) is 12.4. The third-order valence-corrected chi connectivity index (χ3v) is 4.07. The minimum absolute atomic E-state index is 0.0669. The summed E-state index contributed by atoms with van der Waals surface area (Å²) in [7, 11) is -2.26. The van der Waals surface area contributed by atoms with Crippen molar-refractivity contribution in [1.82, 2.24) is 9.78 Å². The summed E-state index contributed by atoms with van der Waals surface area (Å²) < 4.78 is 33.1. The van der Waals surface area contributed by atoms with Crippen LogP contribution in [0.15, 0.2) is 41.4 Å². The molecule has 0 unspecified atom stereocenters. The summed E-state index contributed by atoms with van der Waals surface area (Å²) in [5, 5.41) is 3.89. The highest BCUT2D eigenvalue weighted by Gasteiger charge is 2.22. The predicted molar refractivity (Wildman–Crippen MR) is 76.4 cm³/mol.